The minimum Gasteiger partial charge on any atom is -0.444 e. The van der Waals surface area contributed by atoms with Gasteiger partial charge in [0.15, 0.2) is 0 Å². The number of carbonyl (C=O) groups excluding carboxylic acids is 3. The lowest BCUT2D eigenvalue weighted by atomic mass is 9.91. The molecule has 0 radical (unpaired) electrons. The number of terminal acetylenes is 1. The Balaban J connectivity index is 3.67. The Bertz CT molecular complexity index is 969. The number of ether oxygens (including phenoxy) is 1. The molecule has 0 fully saturated rings. The third-order valence-corrected chi connectivity index (χ3v) is 6.40. The average Bonchev–Trinajstić information content (AvgIpc) is 2.77. The SMILES string of the molecule is C#Cc1ccc(C(C(=O)NC(C)(C)C)N(C(=O)C(CCSC)NC(=O)OC(C)(C)C)C(C)(C)CC)cc1. The van der Waals surface area contributed by atoms with Crippen LogP contribution in [0.2, 0.25) is 0 Å². The van der Waals surface area contributed by atoms with Gasteiger partial charge in [0.05, 0.1) is 0 Å². The van der Waals surface area contributed by atoms with Gasteiger partial charge in [-0.1, -0.05) is 25.0 Å². The molecule has 0 aliphatic carbocycles. The van der Waals surface area contributed by atoms with Crippen LogP contribution in [0.25, 0.3) is 0 Å². The summed E-state index contributed by atoms with van der Waals surface area (Å²) in [5.74, 6) is 2.58. The van der Waals surface area contributed by atoms with E-state index >= 15 is 0 Å². The van der Waals surface area contributed by atoms with Gasteiger partial charge in [-0.25, -0.2) is 4.79 Å². The molecule has 2 atom stereocenters. The molecule has 0 aliphatic rings. The first kappa shape index (κ1) is 32.4. The predicted molar refractivity (Wildman–Crippen MR) is 152 cm³/mol. The highest BCUT2D eigenvalue weighted by Gasteiger charge is 2.43. The fraction of sp³-hybridized carbons (Fsp3) is 0.621. The molecule has 1 aromatic carbocycles. The molecule has 0 saturated heterocycles. The molecule has 0 aromatic heterocycles. The van der Waals surface area contributed by atoms with E-state index in [4.69, 9.17) is 11.2 Å². The van der Waals surface area contributed by atoms with Crippen molar-refractivity contribution in [2.24, 2.45) is 0 Å². The van der Waals surface area contributed by atoms with E-state index in [0.717, 1.165) is 0 Å². The second-order valence-corrected chi connectivity index (χ2v) is 12.7. The van der Waals surface area contributed by atoms with Crippen molar-refractivity contribution in [3.05, 3.63) is 35.4 Å². The highest BCUT2D eigenvalue weighted by Crippen LogP contribution is 2.33. The van der Waals surface area contributed by atoms with Crippen LogP contribution in [0.1, 0.15) is 92.3 Å². The van der Waals surface area contributed by atoms with Gasteiger partial charge in [-0.2, -0.15) is 11.8 Å². The Hall–Kier alpha value is -2.66. The minimum absolute atomic E-state index is 0.309. The molecule has 3 amide bonds. The van der Waals surface area contributed by atoms with Crippen LogP contribution < -0.4 is 10.6 Å². The van der Waals surface area contributed by atoms with Crippen LogP contribution in [0.5, 0.6) is 0 Å². The summed E-state index contributed by atoms with van der Waals surface area (Å²) in [6, 6.07) is 5.28. The summed E-state index contributed by atoms with van der Waals surface area (Å²) in [6.45, 7) is 16.8. The topological polar surface area (TPSA) is 87.7 Å². The van der Waals surface area contributed by atoms with Gasteiger partial charge in [-0.15, -0.1) is 6.42 Å². The van der Waals surface area contributed by atoms with E-state index < -0.39 is 34.9 Å². The van der Waals surface area contributed by atoms with Crippen molar-refractivity contribution in [2.75, 3.05) is 12.0 Å². The lowest BCUT2D eigenvalue weighted by Gasteiger charge is -2.45. The smallest absolute Gasteiger partial charge is 0.408 e. The van der Waals surface area contributed by atoms with E-state index in [1.165, 1.54) is 0 Å². The van der Waals surface area contributed by atoms with Gasteiger partial charge in [-0.05, 0) is 97.9 Å². The normalized spacial score (nSPS) is 13.6. The predicted octanol–water partition coefficient (Wildman–Crippen LogP) is 5.29. The molecular formula is C29H45N3O4S. The molecule has 1 rings (SSSR count). The van der Waals surface area contributed by atoms with E-state index in [9.17, 15) is 14.4 Å². The molecule has 1 aromatic rings. The van der Waals surface area contributed by atoms with E-state index in [-0.39, 0.29) is 11.8 Å². The largest absolute Gasteiger partial charge is 0.444 e. The standard InChI is InChI=1S/C29H45N3O4S/c1-12-20-14-16-21(17-15-20)23(24(33)31-27(3,4)5)32(29(9,10)13-2)25(34)22(18-19-37-11)30-26(35)36-28(6,7)8/h1,14-17,22-23H,13,18-19H2,2-11H3,(H,30,35)(H,31,33). The molecule has 0 spiro atoms. The van der Waals surface area contributed by atoms with Crippen LogP contribution in [0.4, 0.5) is 4.79 Å². The highest BCUT2D eigenvalue weighted by molar-refractivity contribution is 7.98. The highest BCUT2D eigenvalue weighted by atomic mass is 32.2. The van der Waals surface area contributed by atoms with E-state index in [2.05, 4.69) is 16.6 Å². The second-order valence-electron chi connectivity index (χ2n) is 11.8. The van der Waals surface area contributed by atoms with Crippen molar-refractivity contribution >= 4 is 29.7 Å². The van der Waals surface area contributed by atoms with Crippen molar-refractivity contribution in [2.45, 2.75) is 104 Å². The third kappa shape index (κ3) is 10.3. The van der Waals surface area contributed by atoms with Crippen molar-refractivity contribution in [1.82, 2.24) is 15.5 Å². The Morgan fingerprint density at radius 2 is 1.62 bits per heavy atom. The lowest BCUT2D eigenvalue weighted by Crippen LogP contribution is -2.60. The molecule has 2 unspecified atom stereocenters. The number of alkyl carbamates (subject to hydrolysis) is 1. The van der Waals surface area contributed by atoms with Gasteiger partial charge in [0.25, 0.3) is 0 Å². The zero-order valence-electron chi connectivity index (χ0n) is 24.2. The van der Waals surface area contributed by atoms with Crippen molar-refractivity contribution < 1.29 is 19.1 Å². The Kier molecular flexibility index (Phi) is 11.6. The van der Waals surface area contributed by atoms with E-state index in [1.54, 1.807) is 61.7 Å². The van der Waals surface area contributed by atoms with Gasteiger partial charge in [0.2, 0.25) is 11.8 Å². The fourth-order valence-electron chi connectivity index (χ4n) is 3.67. The van der Waals surface area contributed by atoms with Gasteiger partial charge >= 0.3 is 6.09 Å². The number of carbonyl (C=O) groups is 3. The molecule has 0 saturated carbocycles. The van der Waals surface area contributed by atoms with Gasteiger partial charge in [0, 0.05) is 16.6 Å². The Morgan fingerprint density at radius 3 is 2.05 bits per heavy atom. The number of nitrogens with one attached hydrogen (secondary N) is 2. The quantitative estimate of drug-likeness (QED) is 0.401. The first-order valence-electron chi connectivity index (χ1n) is 12.7. The lowest BCUT2D eigenvalue weighted by molar-refractivity contribution is -0.150. The maximum absolute atomic E-state index is 14.3. The van der Waals surface area contributed by atoms with Crippen molar-refractivity contribution in [3.8, 4) is 12.3 Å². The minimum atomic E-state index is -0.939. The summed E-state index contributed by atoms with van der Waals surface area (Å²) in [7, 11) is 0. The van der Waals surface area contributed by atoms with Crippen molar-refractivity contribution in [3.63, 3.8) is 0 Å². The Morgan fingerprint density at radius 1 is 1.05 bits per heavy atom. The first-order valence-corrected chi connectivity index (χ1v) is 14.1. The fourth-order valence-corrected chi connectivity index (χ4v) is 4.14. The maximum Gasteiger partial charge on any atom is 0.408 e. The molecule has 8 heteroatoms. The monoisotopic (exact) mass is 531 g/mol. The molecule has 7 nitrogen and oxygen atoms in total. The number of benzene rings is 1. The molecule has 37 heavy (non-hydrogen) atoms. The number of hydrogen-bond donors (Lipinski definition) is 2. The number of hydrogen-bond acceptors (Lipinski definition) is 5. The van der Waals surface area contributed by atoms with Gasteiger partial charge in [-0.3, -0.25) is 9.59 Å². The summed E-state index contributed by atoms with van der Waals surface area (Å²) in [5, 5.41) is 5.82. The zero-order valence-corrected chi connectivity index (χ0v) is 25.0. The van der Waals surface area contributed by atoms with E-state index in [0.29, 0.717) is 29.7 Å². The number of nitrogens with zero attached hydrogens (tertiary/aromatic N) is 1. The number of rotatable bonds is 10. The summed E-state index contributed by atoms with van der Waals surface area (Å²) >= 11 is 1.57. The summed E-state index contributed by atoms with van der Waals surface area (Å²) in [5.41, 5.74) is -0.637. The summed E-state index contributed by atoms with van der Waals surface area (Å²) in [6.07, 6.45) is 7.79. The molecule has 2 N–H and O–H groups in total. The Labute approximate surface area is 227 Å². The van der Waals surface area contributed by atoms with Crippen LogP contribution in [0.3, 0.4) is 0 Å². The van der Waals surface area contributed by atoms with Crippen LogP contribution in [0, 0.1) is 12.3 Å². The number of amides is 3. The summed E-state index contributed by atoms with van der Waals surface area (Å²) < 4.78 is 5.45. The van der Waals surface area contributed by atoms with Crippen LogP contribution in [-0.4, -0.2) is 57.5 Å². The van der Waals surface area contributed by atoms with Gasteiger partial charge in [0.1, 0.15) is 17.7 Å². The van der Waals surface area contributed by atoms with Crippen LogP contribution in [0.15, 0.2) is 24.3 Å². The molecule has 0 heterocycles. The third-order valence-electron chi connectivity index (χ3n) is 5.75. The van der Waals surface area contributed by atoms with E-state index in [1.807, 2.05) is 47.8 Å². The average molecular weight is 532 g/mol. The van der Waals surface area contributed by atoms with Crippen LogP contribution >= 0.6 is 11.8 Å². The van der Waals surface area contributed by atoms with Crippen molar-refractivity contribution in [1.29, 1.82) is 0 Å². The maximum atomic E-state index is 14.3. The first-order chi connectivity index (χ1) is 17.0. The number of thioether (sulfide) groups is 1. The molecule has 0 bridgehead atoms. The molecular weight excluding hydrogens is 486 g/mol. The summed E-state index contributed by atoms with van der Waals surface area (Å²) in [4.78, 5) is 42.4. The van der Waals surface area contributed by atoms with Gasteiger partial charge < -0.3 is 20.3 Å². The molecule has 206 valence electrons. The second kappa shape index (κ2) is 13.2. The zero-order chi connectivity index (χ0) is 28.6. The van der Waals surface area contributed by atoms with Crippen LogP contribution in [-0.2, 0) is 14.3 Å². The molecule has 0 aliphatic heterocycles.